The molecule has 0 saturated heterocycles. The first kappa shape index (κ1) is 7.08. The molecule has 0 rings (SSSR count). The van der Waals surface area contributed by atoms with Gasteiger partial charge < -0.3 is 0 Å². The largest absolute Gasteiger partial charge is 0.268 e. The molecule has 0 aliphatic rings. The molecule has 0 atom stereocenters. The van der Waals surface area contributed by atoms with E-state index in [2.05, 4.69) is 16.7 Å². The zero-order chi connectivity index (χ0) is 6.41. The maximum Gasteiger partial charge on any atom is 0.0547 e. The van der Waals surface area contributed by atoms with Crippen LogP contribution in [-0.4, -0.2) is 12.9 Å². The molecule has 0 aromatic rings. The van der Waals surface area contributed by atoms with Gasteiger partial charge in [0.2, 0.25) is 0 Å². The normalized spacial score (nSPS) is 12.5. The van der Waals surface area contributed by atoms with Crippen molar-refractivity contribution in [3.63, 3.8) is 0 Å². The third kappa shape index (κ3) is 3.28. The van der Waals surface area contributed by atoms with E-state index in [1.807, 2.05) is 13.8 Å². The summed E-state index contributed by atoms with van der Waals surface area (Å²) in [6.45, 7) is 7.02. The smallest absolute Gasteiger partial charge is 0.0547 e. The topological polar surface area (TPSA) is 24.7 Å². The van der Waals surface area contributed by atoms with Crippen LogP contribution in [0.25, 0.3) is 0 Å². The molecule has 0 spiro atoms. The lowest BCUT2D eigenvalue weighted by Gasteiger charge is -1.81. The van der Waals surface area contributed by atoms with E-state index in [4.69, 9.17) is 0 Å². The van der Waals surface area contributed by atoms with Gasteiger partial charge in [0.05, 0.1) is 5.70 Å². The van der Waals surface area contributed by atoms with Gasteiger partial charge in [-0.05, 0) is 20.6 Å². The second kappa shape index (κ2) is 4.24. The highest BCUT2D eigenvalue weighted by Crippen LogP contribution is 1.90. The van der Waals surface area contributed by atoms with Crippen molar-refractivity contribution in [1.29, 1.82) is 0 Å². The molecule has 44 valence electrons. The van der Waals surface area contributed by atoms with Crippen LogP contribution < -0.4 is 0 Å². The van der Waals surface area contributed by atoms with Crippen LogP contribution in [-0.2, 0) is 0 Å². The Morgan fingerprint density at radius 2 is 2.25 bits per heavy atom. The molecule has 0 fully saturated rings. The highest BCUT2D eigenvalue weighted by Gasteiger charge is 1.72. The van der Waals surface area contributed by atoms with Gasteiger partial charge in [0.15, 0.2) is 0 Å². The molecule has 2 nitrogen and oxygen atoms in total. The van der Waals surface area contributed by atoms with Crippen LogP contribution in [0, 0.1) is 0 Å². The Bertz CT molecular complexity index is 122. The molecule has 0 N–H and O–H groups in total. The summed E-state index contributed by atoms with van der Waals surface area (Å²) in [5.41, 5.74) is 0.836. The first-order valence-corrected chi connectivity index (χ1v) is 2.42. The molecule has 0 aliphatic carbocycles. The average Bonchev–Trinajstić information content (AvgIpc) is 1.83. The molecule has 0 aliphatic heterocycles. The lowest BCUT2D eigenvalue weighted by Crippen LogP contribution is -1.63. The maximum atomic E-state index is 3.82. The summed E-state index contributed by atoms with van der Waals surface area (Å²) in [6, 6.07) is 0. The third-order valence-corrected chi connectivity index (χ3v) is 0.660. The first-order valence-electron chi connectivity index (χ1n) is 2.42. The zero-order valence-electron chi connectivity index (χ0n) is 5.26. The Kier molecular flexibility index (Phi) is 3.76. The van der Waals surface area contributed by atoms with Crippen molar-refractivity contribution in [3.8, 4) is 0 Å². The third-order valence-electron chi connectivity index (χ3n) is 0.660. The summed E-state index contributed by atoms with van der Waals surface area (Å²) in [7, 11) is 0. The van der Waals surface area contributed by atoms with Gasteiger partial charge >= 0.3 is 0 Å². The van der Waals surface area contributed by atoms with Crippen LogP contribution >= 0.6 is 0 Å². The Hall–Kier alpha value is -0.920. The molecular formula is C6H10N2. The van der Waals surface area contributed by atoms with E-state index < -0.39 is 0 Å². The minimum Gasteiger partial charge on any atom is -0.268 e. The Balaban J connectivity index is 3.74. The molecule has 8 heavy (non-hydrogen) atoms. The van der Waals surface area contributed by atoms with Crippen molar-refractivity contribution in [1.82, 2.24) is 0 Å². The van der Waals surface area contributed by atoms with Crippen molar-refractivity contribution in [3.05, 3.63) is 11.9 Å². The standard InChI is InChI=1S/C6H10N2/c1-4-8-5-6(2)7-3/h4-5H,3H2,1-2H3/b6-5-,8-4-. The second-order valence-electron chi connectivity index (χ2n) is 1.34. The number of allylic oxidation sites excluding steroid dienone is 1. The van der Waals surface area contributed by atoms with E-state index in [0.717, 1.165) is 5.70 Å². The van der Waals surface area contributed by atoms with Gasteiger partial charge in [-0.1, -0.05) is 0 Å². The van der Waals surface area contributed by atoms with Gasteiger partial charge in [0.25, 0.3) is 0 Å². The number of aliphatic imine (C=N–C) groups is 2. The van der Waals surface area contributed by atoms with Gasteiger partial charge in [-0.2, -0.15) is 0 Å². The molecule has 0 amide bonds. The lowest BCUT2D eigenvalue weighted by atomic mass is 10.6. The number of hydrogen-bond acceptors (Lipinski definition) is 2. The number of nitrogens with zero attached hydrogens (tertiary/aromatic N) is 2. The van der Waals surface area contributed by atoms with Crippen molar-refractivity contribution < 1.29 is 0 Å². The Labute approximate surface area is 49.7 Å². The predicted molar refractivity (Wildman–Crippen MR) is 37.5 cm³/mol. The number of hydrogen-bond donors (Lipinski definition) is 0. The van der Waals surface area contributed by atoms with Crippen LogP contribution in [0.3, 0.4) is 0 Å². The molecule has 0 unspecified atom stereocenters. The maximum absolute atomic E-state index is 3.82. The van der Waals surface area contributed by atoms with Crippen LogP contribution in [0.1, 0.15) is 13.8 Å². The highest BCUT2D eigenvalue weighted by atomic mass is 14.8. The van der Waals surface area contributed by atoms with Crippen LogP contribution in [0.5, 0.6) is 0 Å². The van der Waals surface area contributed by atoms with Gasteiger partial charge in [-0.15, -0.1) is 0 Å². The number of rotatable bonds is 2. The molecule has 2 heteroatoms. The second-order valence-corrected chi connectivity index (χ2v) is 1.34. The zero-order valence-corrected chi connectivity index (χ0v) is 5.26. The summed E-state index contributed by atoms with van der Waals surface area (Å²) >= 11 is 0. The van der Waals surface area contributed by atoms with E-state index >= 15 is 0 Å². The van der Waals surface area contributed by atoms with Gasteiger partial charge in [-0.3, -0.25) is 9.98 Å². The van der Waals surface area contributed by atoms with Gasteiger partial charge in [0.1, 0.15) is 0 Å². The quantitative estimate of drug-likeness (QED) is 0.483. The van der Waals surface area contributed by atoms with E-state index in [-0.39, 0.29) is 0 Å². The van der Waals surface area contributed by atoms with Gasteiger partial charge in [-0.25, -0.2) is 0 Å². The van der Waals surface area contributed by atoms with Crippen LogP contribution in [0.2, 0.25) is 0 Å². The molecule has 0 bridgehead atoms. The van der Waals surface area contributed by atoms with E-state index in [0.29, 0.717) is 0 Å². The molecule has 0 saturated carbocycles. The Morgan fingerprint density at radius 3 is 2.62 bits per heavy atom. The lowest BCUT2D eigenvalue weighted by molar-refractivity contribution is 1.29. The van der Waals surface area contributed by atoms with Crippen LogP contribution in [0.4, 0.5) is 0 Å². The van der Waals surface area contributed by atoms with Crippen molar-refractivity contribution >= 4 is 12.9 Å². The fourth-order valence-electron chi connectivity index (χ4n) is 0.223. The van der Waals surface area contributed by atoms with Crippen LogP contribution in [0.15, 0.2) is 21.9 Å². The van der Waals surface area contributed by atoms with Gasteiger partial charge in [0, 0.05) is 12.4 Å². The fourth-order valence-corrected chi connectivity index (χ4v) is 0.223. The molecule has 0 heterocycles. The van der Waals surface area contributed by atoms with E-state index in [1.165, 1.54) is 0 Å². The summed E-state index contributed by atoms with van der Waals surface area (Å²) in [5, 5.41) is 0. The molecular weight excluding hydrogens is 100 g/mol. The monoisotopic (exact) mass is 110 g/mol. The highest BCUT2D eigenvalue weighted by molar-refractivity contribution is 5.54. The minimum atomic E-state index is 0.836. The van der Waals surface area contributed by atoms with Crippen molar-refractivity contribution in [2.75, 3.05) is 0 Å². The fraction of sp³-hybridized carbons (Fsp3) is 0.333. The Morgan fingerprint density at radius 1 is 1.62 bits per heavy atom. The minimum absolute atomic E-state index is 0.836. The SMILES string of the molecule is C=N/C(C)=C\N=C/C. The summed E-state index contributed by atoms with van der Waals surface area (Å²) in [4.78, 5) is 7.45. The van der Waals surface area contributed by atoms with E-state index in [9.17, 15) is 0 Å². The summed E-state index contributed by atoms with van der Waals surface area (Å²) in [5.74, 6) is 0. The molecule has 0 radical (unpaired) electrons. The predicted octanol–water partition coefficient (Wildman–Crippen LogP) is 1.64. The van der Waals surface area contributed by atoms with E-state index in [1.54, 1.807) is 12.4 Å². The summed E-state index contributed by atoms with van der Waals surface area (Å²) < 4.78 is 0. The molecule has 0 aromatic carbocycles. The van der Waals surface area contributed by atoms with Crippen molar-refractivity contribution in [2.24, 2.45) is 9.98 Å². The average molecular weight is 110 g/mol. The van der Waals surface area contributed by atoms with Crippen molar-refractivity contribution in [2.45, 2.75) is 13.8 Å². The molecule has 0 aromatic heterocycles. The first-order chi connectivity index (χ1) is 3.81. The summed E-state index contributed by atoms with van der Waals surface area (Å²) in [6.07, 6.45) is 3.36.